The lowest BCUT2D eigenvalue weighted by Crippen LogP contribution is -2.22. The lowest BCUT2D eigenvalue weighted by molar-refractivity contribution is 0.0941. The van der Waals surface area contributed by atoms with E-state index in [1.165, 1.54) is 17.7 Å². The van der Waals surface area contributed by atoms with Gasteiger partial charge in [0.15, 0.2) is 0 Å². The summed E-state index contributed by atoms with van der Waals surface area (Å²) >= 11 is 12.1. The Morgan fingerprint density at radius 1 is 1.12 bits per heavy atom. The molecule has 0 radical (unpaired) electrons. The number of halogens is 2. The number of aromatic nitrogens is 1. The Labute approximate surface area is 149 Å². The zero-order chi connectivity index (χ0) is 17.3. The molecular formula is C18H14Cl2N2O2. The summed E-state index contributed by atoms with van der Waals surface area (Å²) in [5.74, 6) is -0.463. The zero-order valence-corrected chi connectivity index (χ0v) is 14.4. The van der Waals surface area contributed by atoms with Crippen LogP contribution in [0.25, 0.3) is 10.9 Å². The highest BCUT2D eigenvalue weighted by molar-refractivity contribution is 6.32. The Balaban J connectivity index is 1.93. The van der Waals surface area contributed by atoms with Gasteiger partial charge in [0.1, 0.15) is 0 Å². The van der Waals surface area contributed by atoms with Crippen molar-refractivity contribution in [3.8, 4) is 0 Å². The van der Waals surface area contributed by atoms with Gasteiger partial charge in [-0.2, -0.15) is 0 Å². The Morgan fingerprint density at radius 3 is 2.58 bits per heavy atom. The summed E-state index contributed by atoms with van der Waals surface area (Å²) in [6.45, 7) is 1.74. The first-order valence-corrected chi connectivity index (χ1v) is 8.06. The van der Waals surface area contributed by atoms with Crippen LogP contribution in [0.15, 0.2) is 48.7 Å². The molecule has 0 fully saturated rings. The second-order valence-corrected chi connectivity index (χ2v) is 6.21. The third-order valence-corrected chi connectivity index (χ3v) is 4.35. The molecule has 0 saturated carbocycles. The molecule has 0 aliphatic rings. The molecule has 1 aromatic heterocycles. The second-order valence-electron chi connectivity index (χ2n) is 5.37. The van der Waals surface area contributed by atoms with E-state index in [4.69, 9.17) is 23.2 Å². The van der Waals surface area contributed by atoms with Crippen molar-refractivity contribution in [2.24, 2.45) is 0 Å². The van der Waals surface area contributed by atoms with Crippen LogP contribution in [0, 0.1) is 0 Å². The quantitative estimate of drug-likeness (QED) is 0.745. The maximum Gasteiger partial charge on any atom is 0.253 e. The number of hydrogen-bond acceptors (Lipinski definition) is 2. The van der Waals surface area contributed by atoms with Crippen LogP contribution < -0.4 is 5.32 Å². The SMILES string of the molecule is CC(=O)n1cc(C(=O)NCc2ccccc2Cl)c2cc(Cl)ccc21. The number of rotatable bonds is 3. The fraction of sp³-hybridized carbons (Fsp3) is 0.111. The normalized spacial score (nSPS) is 10.8. The molecule has 0 bridgehead atoms. The van der Waals surface area contributed by atoms with Crippen LogP contribution in [-0.4, -0.2) is 16.4 Å². The van der Waals surface area contributed by atoms with E-state index in [-0.39, 0.29) is 11.8 Å². The van der Waals surface area contributed by atoms with Crippen molar-refractivity contribution < 1.29 is 9.59 Å². The van der Waals surface area contributed by atoms with E-state index in [2.05, 4.69) is 5.32 Å². The van der Waals surface area contributed by atoms with Gasteiger partial charge in [-0.25, -0.2) is 0 Å². The largest absolute Gasteiger partial charge is 0.348 e. The molecular weight excluding hydrogens is 347 g/mol. The van der Waals surface area contributed by atoms with Gasteiger partial charge in [0.25, 0.3) is 5.91 Å². The number of amides is 1. The van der Waals surface area contributed by atoms with Gasteiger partial charge in [-0.15, -0.1) is 0 Å². The lowest BCUT2D eigenvalue weighted by Gasteiger charge is -2.06. The Kier molecular flexibility index (Phi) is 4.60. The van der Waals surface area contributed by atoms with Crippen molar-refractivity contribution in [3.05, 3.63) is 69.8 Å². The van der Waals surface area contributed by atoms with Crippen LogP contribution in [0.1, 0.15) is 27.6 Å². The zero-order valence-electron chi connectivity index (χ0n) is 12.8. The third-order valence-electron chi connectivity index (χ3n) is 3.75. The summed E-state index contributed by atoms with van der Waals surface area (Å²) in [5.41, 5.74) is 1.87. The molecule has 3 aromatic rings. The lowest BCUT2D eigenvalue weighted by atomic mass is 10.1. The molecule has 0 aliphatic carbocycles. The van der Waals surface area contributed by atoms with Gasteiger partial charge in [0.2, 0.25) is 5.91 Å². The molecule has 122 valence electrons. The number of nitrogens with one attached hydrogen (secondary N) is 1. The predicted octanol–water partition coefficient (Wildman–Crippen LogP) is 4.54. The fourth-order valence-electron chi connectivity index (χ4n) is 2.56. The highest BCUT2D eigenvalue weighted by Crippen LogP contribution is 2.25. The molecule has 0 atom stereocenters. The molecule has 2 aromatic carbocycles. The van der Waals surface area contributed by atoms with Gasteiger partial charge in [-0.05, 0) is 29.8 Å². The standard InChI is InChI=1S/C18H14Cl2N2O2/c1-11(23)22-10-15(14-8-13(19)6-7-17(14)22)18(24)21-9-12-4-2-3-5-16(12)20/h2-8,10H,9H2,1H3,(H,21,24). The van der Waals surface area contributed by atoms with Crippen molar-refractivity contribution >= 4 is 45.9 Å². The maximum atomic E-state index is 12.6. The molecule has 24 heavy (non-hydrogen) atoms. The minimum absolute atomic E-state index is 0.174. The molecule has 0 aliphatic heterocycles. The van der Waals surface area contributed by atoms with Crippen molar-refractivity contribution in [1.82, 2.24) is 9.88 Å². The molecule has 3 rings (SSSR count). The summed E-state index contributed by atoms with van der Waals surface area (Å²) < 4.78 is 1.44. The Bertz CT molecular complexity index is 947. The molecule has 1 N–H and O–H groups in total. The van der Waals surface area contributed by atoms with E-state index < -0.39 is 0 Å². The predicted molar refractivity (Wildman–Crippen MR) is 95.9 cm³/mol. The van der Waals surface area contributed by atoms with Crippen molar-refractivity contribution in [3.63, 3.8) is 0 Å². The van der Waals surface area contributed by atoms with Crippen molar-refractivity contribution in [2.45, 2.75) is 13.5 Å². The van der Waals surface area contributed by atoms with E-state index in [0.717, 1.165) is 5.56 Å². The van der Waals surface area contributed by atoms with Crippen LogP contribution in [-0.2, 0) is 6.54 Å². The minimum Gasteiger partial charge on any atom is -0.348 e. The van der Waals surface area contributed by atoms with Gasteiger partial charge in [0, 0.05) is 35.1 Å². The molecule has 0 spiro atoms. The topological polar surface area (TPSA) is 51.1 Å². The number of carbonyl (C=O) groups excluding carboxylic acids is 2. The average molecular weight is 361 g/mol. The van der Waals surface area contributed by atoms with E-state index in [1.807, 2.05) is 18.2 Å². The van der Waals surface area contributed by atoms with Gasteiger partial charge in [-0.3, -0.25) is 14.2 Å². The van der Waals surface area contributed by atoms with Gasteiger partial charge in [-0.1, -0.05) is 41.4 Å². The van der Waals surface area contributed by atoms with Gasteiger partial charge < -0.3 is 5.32 Å². The van der Waals surface area contributed by atoms with Gasteiger partial charge in [0.05, 0.1) is 11.1 Å². The third kappa shape index (κ3) is 3.16. The van der Waals surface area contributed by atoms with Crippen LogP contribution in [0.4, 0.5) is 0 Å². The smallest absolute Gasteiger partial charge is 0.253 e. The number of fused-ring (bicyclic) bond motifs is 1. The van der Waals surface area contributed by atoms with Crippen LogP contribution in [0.3, 0.4) is 0 Å². The first kappa shape index (κ1) is 16.6. The highest BCUT2D eigenvalue weighted by atomic mass is 35.5. The van der Waals surface area contributed by atoms with E-state index in [9.17, 15) is 9.59 Å². The van der Waals surface area contributed by atoms with Crippen LogP contribution in [0.5, 0.6) is 0 Å². The van der Waals surface area contributed by atoms with Crippen LogP contribution >= 0.6 is 23.2 Å². The number of hydrogen-bond donors (Lipinski definition) is 1. The summed E-state index contributed by atoms with van der Waals surface area (Å²) in [7, 11) is 0. The van der Waals surface area contributed by atoms with Crippen molar-refractivity contribution in [2.75, 3.05) is 0 Å². The summed E-state index contributed by atoms with van der Waals surface area (Å²) in [6.07, 6.45) is 1.53. The van der Waals surface area contributed by atoms with E-state index in [1.54, 1.807) is 24.3 Å². The van der Waals surface area contributed by atoms with Crippen LogP contribution in [0.2, 0.25) is 10.0 Å². The molecule has 0 unspecified atom stereocenters. The number of nitrogens with zero attached hydrogens (tertiary/aromatic N) is 1. The minimum atomic E-state index is -0.290. The first-order valence-electron chi connectivity index (χ1n) is 7.30. The Morgan fingerprint density at radius 2 is 1.88 bits per heavy atom. The highest BCUT2D eigenvalue weighted by Gasteiger charge is 2.17. The van der Waals surface area contributed by atoms with Gasteiger partial charge >= 0.3 is 0 Å². The second kappa shape index (κ2) is 6.67. The summed E-state index contributed by atoms with van der Waals surface area (Å²) in [5, 5.41) is 4.56. The number of carbonyl (C=O) groups is 2. The first-order chi connectivity index (χ1) is 11.5. The van der Waals surface area contributed by atoms with E-state index >= 15 is 0 Å². The maximum absolute atomic E-state index is 12.6. The average Bonchev–Trinajstić information content (AvgIpc) is 2.92. The summed E-state index contributed by atoms with van der Waals surface area (Å²) in [6, 6.07) is 12.4. The van der Waals surface area contributed by atoms with E-state index in [0.29, 0.717) is 33.1 Å². The summed E-state index contributed by atoms with van der Waals surface area (Å²) in [4.78, 5) is 24.4. The molecule has 6 heteroatoms. The molecule has 1 amide bonds. The number of benzene rings is 2. The fourth-order valence-corrected chi connectivity index (χ4v) is 2.93. The Hall–Kier alpha value is -2.30. The monoisotopic (exact) mass is 360 g/mol. The van der Waals surface area contributed by atoms with Crippen molar-refractivity contribution in [1.29, 1.82) is 0 Å². The molecule has 4 nitrogen and oxygen atoms in total. The molecule has 1 heterocycles. The molecule has 0 saturated heterocycles.